The standard InChI is InChI=1S/C7H4Br2F3N/c8-2-4-1-6(9)13-3-5(4)7(10,11)12/h1,3H,2H2. The van der Waals surface area contributed by atoms with E-state index in [0.29, 0.717) is 4.60 Å². The first-order valence-electron chi connectivity index (χ1n) is 3.22. The molecule has 6 heteroatoms. The molecule has 0 atom stereocenters. The first-order valence-corrected chi connectivity index (χ1v) is 5.14. The van der Waals surface area contributed by atoms with Gasteiger partial charge in [0.25, 0.3) is 0 Å². The van der Waals surface area contributed by atoms with Crippen LogP contribution in [0.3, 0.4) is 0 Å². The zero-order valence-corrected chi connectivity index (χ0v) is 9.37. The normalized spacial score (nSPS) is 11.8. The second-order valence-corrected chi connectivity index (χ2v) is 3.67. The lowest BCUT2D eigenvalue weighted by Crippen LogP contribution is -2.09. The van der Waals surface area contributed by atoms with E-state index in [9.17, 15) is 13.2 Å². The first-order chi connectivity index (χ1) is 5.95. The van der Waals surface area contributed by atoms with Gasteiger partial charge in [0.2, 0.25) is 0 Å². The number of aromatic nitrogens is 1. The Bertz CT molecular complexity index is 311. The molecule has 1 nitrogen and oxygen atoms in total. The van der Waals surface area contributed by atoms with Crippen molar-refractivity contribution in [2.45, 2.75) is 11.5 Å². The number of halogens is 5. The summed E-state index contributed by atoms with van der Waals surface area (Å²) in [4.78, 5) is 3.53. The molecule has 1 aromatic heterocycles. The predicted molar refractivity (Wildman–Crippen MR) is 49.6 cm³/mol. The van der Waals surface area contributed by atoms with Crippen LogP contribution in [-0.2, 0) is 11.5 Å². The van der Waals surface area contributed by atoms with Gasteiger partial charge in [-0.05, 0) is 27.6 Å². The summed E-state index contributed by atoms with van der Waals surface area (Å²) in [7, 11) is 0. The van der Waals surface area contributed by atoms with E-state index in [-0.39, 0.29) is 10.9 Å². The van der Waals surface area contributed by atoms with Crippen molar-refractivity contribution in [2.75, 3.05) is 0 Å². The lowest BCUT2D eigenvalue weighted by atomic mass is 10.1. The highest BCUT2D eigenvalue weighted by molar-refractivity contribution is 9.10. The summed E-state index contributed by atoms with van der Waals surface area (Å²) < 4.78 is 37.3. The summed E-state index contributed by atoms with van der Waals surface area (Å²) >= 11 is 5.99. The molecule has 13 heavy (non-hydrogen) atoms. The van der Waals surface area contributed by atoms with Crippen molar-refractivity contribution in [3.05, 3.63) is 28.0 Å². The molecule has 72 valence electrons. The van der Waals surface area contributed by atoms with Crippen LogP contribution >= 0.6 is 31.9 Å². The highest BCUT2D eigenvalue weighted by Crippen LogP contribution is 2.33. The molecular weight excluding hydrogens is 315 g/mol. The Kier molecular flexibility index (Phi) is 3.34. The molecule has 1 aromatic rings. The summed E-state index contributed by atoms with van der Waals surface area (Å²) in [5.41, 5.74) is -0.526. The molecule has 0 fully saturated rings. The maximum Gasteiger partial charge on any atom is 0.418 e. The summed E-state index contributed by atoms with van der Waals surface area (Å²) in [5.74, 6) is 0. The number of alkyl halides is 4. The van der Waals surface area contributed by atoms with Gasteiger partial charge in [0.15, 0.2) is 0 Å². The van der Waals surface area contributed by atoms with Gasteiger partial charge in [0, 0.05) is 11.5 Å². The second kappa shape index (κ2) is 3.96. The van der Waals surface area contributed by atoms with Crippen LogP contribution in [0.15, 0.2) is 16.9 Å². The maximum atomic E-state index is 12.3. The summed E-state index contributed by atoms with van der Waals surface area (Å²) in [6.45, 7) is 0. The minimum Gasteiger partial charge on any atom is -0.249 e. The summed E-state index contributed by atoms with van der Waals surface area (Å²) in [6.07, 6.45) is -3.52. The smallest absolute Gasteiger partial charge is 0.249 e. The zero-order valence-electron chi connectivity index (χ0n) is 6.20. The third-order valence-electron chi connectivity index (χ3n) is 1.41. The predicted octanol–water partition coefficient (Wildman–Crippen LogP) is 3.76. The van der Waals surface area contributed by atoms with E-state index in [1.165, 1.54) is 6.07 Å². The fourth-order valence-corrected chi connectivity index (χ4v) is 1.68. The minimum atomic E-state index is -4.34. The molecule has 0 spiro atoms. The molecule has 0 N–H and O–H groups in total. The Labute approximate surface area is 89.6 Å². The van der Waals surface area contributed by atoms with Crippen LogP contribution in [0.25, 0.3) is 0 Å². The molecular formula is C7H4Br2F3N. The van der Waals surface area contributed by atoms with Gasteiger partial charge in [-0.1, -0.05) is 15.9 Å². The Morgan fingerprint density at radius 3 is 2.46 bits per heavy atom. The first kappa shape index (κ1) is 11.0. The molecule has 0 saturated carbocycles. The van der Waals surface area contributed by atoms with Crippen molar-refractivity contribution in [3.63, 3.8) is 0 Å². The third kappa shape index (κ3) is 2.67. The van der Waals surface area contributed by atoms with Gasteiger partial charge in [-0.2, -0.15) is 13.2 Å². The molecule has 0 aliphatic heterocycles. The van der Waals surface area contributed by atoms with Gasteiger partial charge in [-0.25, -0.2) is 4.98 Å². The van der Waals surface area contributed by atoms with Crippen LogP contribution in [0.5, 0.6) is 0 Å². The fourth-order valence-electron chi connectivity index (χ4n) is 0.834. The van der Waals surface area contributed by atoms with Crippen molar-refractivity contribution >= 4 is 31.9 Å². The van der Waals surface area contributed by atoms with Crippen LogP contribution in [0.4, 0.5) is 13.2 Å². The average molecular weight is 319 g/mol. The monoisotopic (exact) mass is 317 g/mol. The molecule has 0 aliphatic carbocycles. The van der Waals surface area contributed by atoms with E-state index in [4.69, 9.17) is 0 Å². The molecule has 0 aliphatic rings. The van der Waals surface area contributed by atoms with E-state index in [1.807, 2.05) is 0 Å². The largest absolute Gasteiger partial charge is 0.418 e. The topological polar surface area (TPSA) is 12.9 Å². The van der Waals surface area contributed by atoms with E-state index in [1.54, 1.807) is 0 Å². The lowest BCUT2D eigenvalue weighted by molar-refractivity contribution is -0.138. The summed E-state index contributed by atoms with van der Waals surface area (Å²) in [5, 5.41) is 0.156. The van der Waals surface area contributed by atoms with Gasteiger partial charge in [0.05, 0.1) is 5.56 Å². The highest BCUT2D eigenvalue weighted by Gasteiger charge is 2.33. The molecule has 0 amide bonds. The van der Waals surface area contributed by atoms with Crippen LogP contribution in [0.1, 0.15) is 11.1 Å². The van der Waals surface area contributed by atoms with Crippen LogP contribution < -0.4 is 0 Å². The number of hydrogen-bond acceptors (Lipinski definition) is 1. The Morgan fingerprint density at radius 1 is 1.38 bits per heavy atom. The SMILES string of the molecule is FC(F)(F)c1cnc(Br)cc1CBr. The van der Waals surface area contributed by atoms with Gasteiger partial charge < -0.3 is 0 Å². The summed E-state index contributed by atoms with van der Waals surface area (Å²) in [6, 6.07) is 1.34. The Balaban J connectivity index is 3.22. The molecule has 1 rings (SSSR count). The average Bonchev–Trinajstić information content (AvgIpc) is 2.01. The number of hydrogen-bond donors (Lipinski definition) is 0. The molecule has 0 bridgehead atoms. The number of nitrogens with zero attached hydrogens (tertiary/aromatic N) is 1. The molecule has 0 unspecified atom stereocenters. The van der Waals surface area contributed by atoms with Crippen molar-refractivity contribution in [1.29, 1.82) is 0 Å². The molecule has 0 radical (unpaired) electrons. The number of rotatable bonds is 1. The quantitative estimate of drug-likeness (QED) is 0.567. The Morgan fingerprint density at radius 2 is 2.00 bits per heavy atom. The lowest BCUT2D eigenvalue weighted by Gasteiger charge is -2.10. The maximum absolute atomic E-state index is 12.3. The van der Waals surface area contributed by atoms with Gasteiger partial charge in [-0.15, -0.1) is 0 Å². The fraction of sp³-hybridized carbons (Fsp3) is 0.286. The van der Waals surface area contributed by atoms with Crippen molar-refractivity contribution in [2.24, 2.45) is 0 Å². The van der Waals surface area contributed by atoms with Crippen molar-refractivity contribution < 1.29 is 13.2 Å². The second-order valence-electron chi connectivity index (χ2n) is 2.30. The van der Waals surface area contributed by atoms with E-state index < -0.39 is 11.7 Å². The van der Waals surface area contributed by atoms with Crippen molar-refractivity contribution in [1.82, 2.24) is 4.98 Å². The molecule has 0 saturated heterocycles. The third-order valence-corrected chi connectivity index (χ3v) is 2.44. The number of pyridine rings is 1. The minimum absolute atomic E-state index is 0.156. The molecule has 0 aromatic carbocycles. The van der Waals surface area contributed by atoms with Gasteiger partial charge in [0.1, 0.15) is 4.60 Å². The molecule has 1 heterocycles. The van der Waals surface area contributed by atoms with E-state index in [0.717, 1.165) is 6.20 Å². The van der Waals surface area contributed by atoms with E-state index >= 15 is 0 Å². The van der Waals surface area contributed by atoms with Crippen molar-refractivity contribution in [3.8, 4) is 0 Å². The van der Waals surface area contributed by atoms with Crippen LogP contribution in [-0.4, -0.2) is 4.98 Å². The van der Waals surface area contributed by atoms with Gasteiger partial charge >= 0.3 is 6.18 Å². The van der Waals surface area contributed by atoms with Crippen LogP contribution in [0.2, 0.25) is 0 Å². The highest BCUT2D eigenvalue weighted by atomic mass is 79.9. The van der Waals surface area contributed by atoms with Gasteiger partial charge in [-0.3, -0.25) is 0 Å². The Hall–Kier alpha value is -0.100. The zero-order chi connectivity index (χ0) is 10.1. The van der Waals surface area contributed by atoms with E-state index in [2.05, 4.69) is 36.8 Å². The van der Waals surface area contributed by atoms with Crippen LogP contribution in [0, 0.1) is 0 Å².